The normalized spacial score (nSPS) is 10.2. The largest absolute Gasteiger partial charge is 0.300 e. The van der Waals surface area contributed by atoms with E-state index in [1.807, 2.05) is 0 Å². The second-order valence-electron chi connectivity index (χ2n) is 3.04. The summed E-state index contributed by atoms with van der Waals surface area (Å²) in [6, 6.07) is 3.21. The minimum absolute atomic E-state index is 0.0655. The molecule has 0 atom stereocenters. The van der Waals surface area contributed by atoms with Gasteiger partial charge in [-0.1, -0.05) is 17.7 Å². The molecule has 70 valence electrons. The van der Waals surface area contributed by atoms with Crippen LogP contribution in [0.15, 0.2) is 12.1 Å². The van der Waals surface area contributed by atoms with Crippen LogP contribution in [-0.2, 0) is 11.2 Å². The van der Waals surface area contributed by atoms with Crippen LogP contribution in [0.5, 0.6) is 0 Å². The predicted octanol–water partition coefficient (Wildman–Crippen LogP) is 2.92. The van der Waals surface area contributed by atoms with Gasteiger partial charge in [0.15, 0.2) is 0 Å². The Morgan fingerprint density at radius 2 is 2.15 bits per heavy atom. The van der Waals surface area contributed by atoms with Gasteiger partial charge in [0, 0.05) is 6.42 Å². The second kappa shape index (κ2) is 3.88. The van der Waals surface area contributed by atoms with Crippen LogP contribution < -0.4 is 0 Å². The van der Waals surface area contributed by atoms with Gasteiger partial charge in [-0.05, 0) is 31.0 Å². The number of benzene rings is 1. The predicted molar refractivity (Wildman–Crippen MR) is 50.5 cm³/mol. The third kappa shape index (κ3) is 2.28. The summed E-state index contributed by atoms with van der Waals surface area (Å²) >= 11 is 5.58. The molecule has 0 N–H and O–H groups in total. The molecule has 0 saturated heterocycles. The molecular formula is C10H10ClFO. The molecule has 0 aliphatic carbocycles. The summed E-state index contributed by atoms with van der Waals surface area (Å²) in [6.45, 7) is 3.19. The highest BCUT2D eigenvalue weighted by Gasteiger charge is 2.11. The van der Waals surface area contributed by atoms with Gasteiger partial charge < -0.3 is 0 Å². The first-order chi connectivity index (χ1) is 6.02. The van der Waals surface area contributed by atoms with E-state index in [-0.39, 0.29) is 17.2 Å². The van der Waals surface area contributed by atoms with E-state index in [4.69, 9.17) is 11.6 Å². The molecule has 0 saturated carbocycles. The van der Waals surface area contributed by atoms with Gasteiger partial charge in [-0.25, -0.2) is 4.39 Å². The van der Waals surface area contributed by atoms with E-state index < -0.39 is 5.82 Å². The van der Waals surface area contributed by atoms with Crippen LogP contribution in [0.25, 0.3) is 0 Å². The van der Waals surface area contributed by atoms with Crippen LogP contribution in [0.1, 0.15) is 18.1 Å². The molecule has 0 aromatic heterocycles. The van der Waals surface area contributed by atoms with E-state index in [0.29, 0.717) is 5.56 Å². The van der Waals surface area contributed by atoms with Gasteiger partial charge in [0.05, 0.1) is 5.02 Å². The monoisotopic (exact) mass is 200 g/mol. The molecule has 0 unspecified atom stereocenters. The molecule has 0 heterocycles. The fourth-order valence-corrected chi connectivity index (χ4v) is 1.33. The third-order valence-corrected chi connectivity index (χ3v) is 2.15. The van der Waals surface area contributed by atoms with Gasteiger partial charge in [0.1, 0.15) is 11.6 Å². The van der Waals surface area contributed by atoms with Crippen molar-refractivity contribution in [3.8, 4) is 0 Å². The fourth-order valence-electron chi connectivity index (χ4n) is 1.16. The Hall–Kier alpha value is -0.890. The lowest BCUT2D eigenvalue weighted by atomic mass is 10.0. The molecule has 1 rings (SSSR count). The lowest BCUT2D eigenvalue weighted by Crippen LogP contribution is -2.02. The van der Waals surface area contributed by atoms with Gasteiger partial charge >= 0.3 is 0 Å². The van der Waals surface area contributed by atoms with Crippen molar-refractivity contribution >= 4 is 17.4 Å². The Morgan fingerprint density at radius 3 is 2.69 bits per heavy atom. The Balaban J connectivity index is 3.17. The van der Waals surface area contributed by atoms with Crippen LogP contribution in [0.4, 0.5) is 4.39 Å². The minimum atomic E-state index is -0.475. The molecule has 0 bridgehead atoms. The number of hydrogen-bond acceptors (Lipinski definition) is 1. The quantitative estimate of drug-likeness (QED) is 0.718. The topological polar surface area (TPSA) is 17.1 Å². The number of ketones is 1. The Bertz CT molecular complexity index is 347. The molecule has 3 heteroatoms. The smallest absolute Gasteiger partial charge is 0.145 e. The maximum atomic E-state index is 13.3. The highest BCUT2D eigenvalue weighted by molar-refractivity contribution is 6.30. The average molecular weight is 201 g/mol. The molecule has 0 spiro atoms. The summed E-state index contributed by atoms with van der Waals surface area (Å²) < 4.78 is 13.3. The van der Waals surface area contributed by atoms with Crippen LogP contribution in [0.2, 0.25) is 5.02 Å². The van der Waals surface area contributed by atoms with Crippen molar-refractivity contribution in [3.63, 3.8) is 0 Å². The maximum Gasteiger partial charge on any atom is 0.145 e. The van der Waals surface area contributed by atoms with Gasteiger partial charge in [-0.15, -0.1) is 0 Å². The van der Waals surface area contributed by atoms with E-state index in [1.54, 1.807) is 13.0 Å². The van der Waals surface area contributed by atoms with Crippen LogP contribution in [0.3, 0.4) is 0 Å². The lowest BCUT2D eigenvalue weighted by molar-refractivity contribution is -0.116. The van der Waals surface area contributed by atoms with Crippen molar-refractivity contribution in [2.75, 3.05) is 0 Å². The van der Waals surface area contributed by atoms with Crippen molar-refractivity contribution in [1.82, 2.24) is 0 Å². The standard InChI is InChI=1S/C10H10ClFO/c1-6-3-4-9(11)10(12)8(6)5-7(2)13/h3-4H,5H2,1-2H3. The molecule has 0 fully saturated rings. The van der Waals surface area contributed by atoms with Gasteiger partial charge in [-0.2, -0.15) is 0 Å². The van der Waals surface area contributed by atoms with Crippen LogP contribution in [0, 0.1) is 12.7 Å². The third-order valence-electron chi connectivity index (χ3n) is 1.86. The second-order valence-corrected chi connectivity index (χ2v) is 3.44. The van der Waals surface area contributed by atoms with Crippen LogP contribution in [-0.4, -0.2) is 5.78 Å². The molecule has 1 nitrogen and oxygen atoms in total. The van der Waals surface area contributed by atoms with Crippen molar-refractivity contribution < 1.29 is 9.18 Å². The summed E-state index contributed by atoms with van der Waals surface area (Å²) in [7, 11) is 0. The number of rotatable bonds is 2. The van der Waals surface area contributed by atoms with E-state index in [1.165, 1.54) is 13.0 Å². The zero-order valence-electron chi connectivity index (χ0n) is 7.53. The highest BCUT2D eigenvalue weighted by Crippen LogP contribution is 2.21. The van der Waals surface area contributed by atoms with Crippen molar-refractivity contribution in [2.45, 2.75) is 20.3 Å². The van der Waals surface area contributed by atoms with Crippen molar-refractivity contribution in [2.24, 2.45) is 0 Å². The summed E-state index contributed by atoms with van der Waals surface area (Å²) in [4.78, 5) is 10.8. The van der Waals surface area contributed by atoms with Crippen molar-refractivity contribution in [1.29, 1.82) is 0 Å². The summed E-state index contributed by atoms with van der Waals surface area (Å²) in [5.74, 6) is -0.541. The van der Waals surface area contributed by atoms with Gasteiger partial charge in [-0.3, -0.25) is 4.79 Å². The maximum absolute atomic E-state index is 13.3. The van der Waals surface area contributed by atoms with Gasteiger partial charge in [0.2, 0.25) is 0 Å². The zero-order valence-corrected chi connectivity index (χ0v) is 8.28. The first-order valence-corrected chi connectivity index (χ1v) is 4.33. The van der Waals surface area contributed by atoms with Gasteiger partial charge in [0.25, 0.3) is 0 Å². The summed E-state index contributed by atoms with van der Waals surface area (Å²) in [5.41, 5.74) is 1.16. The average Bonchev–Trinajstić information content (AvgIpc) is 2.05. The Kier molecular flexibility index (Phi) is 3.04. The summed E-state index contributed by atoms with van der Waals surface area (Å²) in [5, 5.41) is 0.0712. The first kappa shape index (κ1) is 10.2. The minimum Gasteiger partial charge on any atom is -0.300 e. The number of carbonyl (C=O) groups excluding carboxylic acids is 1. The number of hydrogen-bond donors (Lipinski definition) is 0. The van der Waals surface area contributed by atoms with E-state index in [0.717, 1.165) is 5.56 Å². The van der Waals surface area contributed by atoms with Crippen LogP contribution >= 0.6 is 11.6 Å². The Labute approximate surface area is 81.5 Å². The molecule has 1 aromatic carbocycles. The zero-order chi connectivity index (χ0) is 10.0. The molecule has 0 amide bonds. The molecule has 13 heavy (non-hydrogen) atoms. The van der Waals surface area contributed by atoms with E-state index >= 15 is 0 Å². The molecule has 0 aliphatic heterocycles. The van der Waals surface area contributed by atoms with E-state index in [2.05, 4.69) is 0 Å². The molecule has 0 aliphatic rings. The summed E-state index contributed by atoms with van der Waals surface area (Å²) in [6.07, 6.45) is 0.109. The highest BCUT2D eigenvalue weighted by atomic mass is 35.5. The number of Topliss-reactive ketones (excluding diaryl/α,β-unsaturated/α-hetero) is 1. The molecule has 0 radical (unpaired) electrons. The Morgan fingerprint density at radius 1 is 1.54 bits per heavy atom. The SMILES string of the molecule is CC(=O)Cc1c(C)ccc(Cl)c1F. The number of halogens is 2. The van der Waals surface area contributed by atoms with Crippen molar-refractivity contribution in [3.05, 3.63) is 34.1 Å². The molecular weight excluding hydrogens is 191 g/mol. The lowest BCUT2D eigenvalue weighted by Gasteiger charge is -2.05. The number of carbonyl (C=O) groups is 1. The first-order valence-electron chi connectivity index (χ1n) is 3.95. The molecule has 1 aromatic rings. The van der Waals surface area contributed by atoms with E-state index in [9.17, 15) is 9.18 Å². The fraction of sp³-hybridized carbons (Fsp3) is 0.300. The number of aryl methyl sites for hydroxylation is 1.